The molecule has 5 rings (SSSR count). The number of aliphatic hydroxyl groups is 2. The lowest BCUT2D eigenvalue weighted by Crippen LogP contribution is -2.63. The predicted molar refractivity (Wildman–Crippen MR) is 149 cm³/mol. The van der Waals surface area contributed by atoms with E-state index >= 15 is 0 Å². The summed E-state index contributed by atoms with van der Waals surface area (Å²) in [6, 6.07) is 0. The first-order valence-corrected chi connectivity index (χ1v) is 15.8. The molecule has 0 aliphatic carbocycles. The smallest absolute Gasteiger partial charge is 0.118 e. The second kappa shape index (κ2) is 9.62. The van der Waals surface area contributed by atoms with Gasteiger partial charge in [0.05, 0.1) is 64.6 Å². The fraction of sp³-hybridized carbons (Fsp3) is 1.00. The van der Waals surface area contributed by atoms with Crippen LogP contribution in [0.15, 0.2) is 0 Å². The van der Waals surface area contributed by atoms with Gasteiger partial charge in [0.15, 0.2) is 0 Å². The standard InChI is InChI=1S/C30H51BrO7/c1-25(2,33)20-12-15-27(5,35-20)19(32)17-24-30(8,37-24)23-10-9-21-28(6,36-23)16-13-22(34-21)29(7)14-11-18(31)26(3,4)38-29/h18-24,32-33H,9-17H2,1-8H3/t18-,19+,20-,21-,22-,23-,24+,27-,28+,29+,30+/m1/s1. The molecule has 5 aliphatic rings. The molecule has 0 bridgehead atoms. The summed E-state index contributed by atoms with van der Waals surface area (Å²) >= 11 is 3.80. The maximum absolute atomic E-state index is 11.1. The minimum Gasteiger partial charge on any atom is -0.390 e. The molecule has 2 N–H and O–H groups in total. The van der Waals surface area contributed by atoms with Gasteiger partial charge in [-0.3, -0.25) is 0 Å². The van der Waals surface area contributed by atoms with Crippen LogP contribution in [0.4, 0.5) is 0 Å². The minimum absolute atomic E-state index is 0.0304. The maximum Gasteiger partial charge on any atom is 0.118 e. The molecule has 8 heteroatoms. The van der Waals surface area contributed by atoms with Crippen molar-refractivity contribution in [1.82, 2.24) is 0 Å². The van der Waals surface area contributed by atoms with Gasteiger partial charge in [0.2, 0.25) is 0 Å². The van der Waals surface area contributed by atoms with E-state index in [4.69, 9.17) is 23.7 Å². The molecule has 0 aromatic rings. The van der Waals surface area contributed by atoms with Gasteiger partial charge in [-0.25, -0.2) is 0 Å². The molecule has 5 aliphatic heterocycles. The van der Waals surface area contributed by atoms with Crippen LogP contribution in [0.3, 0.4) is 0 Å². The van der Waals surface area contributed by atoms with Crippen LogP contribution in [-0.4, -0.2) is 85.3 Å². The first-order valence-electron chi connectivity index (χ1n) is 14.8. The fourth-order valence-electron chi connectivity index (χ4n) is 7.63. The Morgan fingerprint density at radius 3 is 2.08 bits per heavy atom. The molecule has 0 saturated carbocycles. The molecule has 7 nitrogen and oxygen atoms in total. The van der Waals surface area contributed by atoms with Crippen LogP contribution in [-0.2, 0) is 23.7 Å². The Kier molecular flexibility index (Phi) is 7.51. The van der Waals surface area contributed by atoms with Gasteiger partial charge in [0, 0.05) is 11.2 Å². The third-order valence-corrected chi connectivity index (χ3v) is 12.3. The summed E-state index contributed by atoms with van der Waals surface area (Å²) in [5.74, 6) is 0. The molecule has 5 fully saturated rings. The first kappa shape index (κ1) is 29.7. The Balaban J connectivity index is 1.17. The lowest BCUT2D eigenvalue weighted by molar-refractivity contribution is -0.292. The molecule has 220 valence electrons. The van der Waals surface area contributed by atoms with Crippen LogP contribution in [0, 0.1) is 0 Å². The van der Waals surface area contributed by atoms with Crippen molar-refractivity contribution in [3.8, 4) is 0 Å². The van der Waals surface area contributed by atoms with Crippen molar-refractivity contribution in [3.63, 3.8) is 0 Å². The van der Waals surface area contributed by atoms with Crippen molar-refractivity contribution >= 4 is 15.9 Å². The number of aliphatic hydroxyl groups excluding tert-OH is 1. The number of hydrogen-bond acceptors (Lipinski definition) is 7. The second-order valence-electron chi connectivity index (χ2n) is 14.8. The molecule has 0 amide bonds. The van der Waals surface area contributed by atoms with Crippen LogP contribution in [0.1, 0.15) is 113 Å². The van der Waals surface area contributed by atoms with E-state index in [0.717, 1.165) is 51.4 Å². The lowest BCUT2D eigenvalue weighted by Gasteiger charge is -2.55. The van der Waals surface area contributed by atoms with Gasteiger partial charge < -0.3 is 33.9 Å². The van der Waals surface area contributed by atoms with Crippen molar-refractivity contribution in [1.29, 1.82) is 0 Å². The largest absolute Gasteiger partial charge is 0.390 e. The Morgan fingerprint density at radius 1 is 0.816 bits per heavy atom. The van der Waals surface area contributed by atoms with Gasteiger partial charge >= 0.3 is 0 Å². The van der Waals surface area contributed by atoms with E-state index in [-0.39, 0.29) is 47.3 Å². The topological polar surface area (TPSA) is 89.9 Å². The monoisotopic (exact) mass is 602 g/mol. The predicted octanol–water partition coefficient (Wildman–Crippen LogP) is 5.20. The summed E-state index contributed by atoms with van der Waals surface area (Å²) in [5, 5.41) is 21.5. The number of halogens is 1. The summed E-state index contributed by atoms with van der Waals surface area (Å²) in [6.07, 6.45) is 6.76. The van der Waals surface area contributed by atoms with Gasteiger partial charge in [0.25, 0.3) is 0 Å². The lowest BCUT2D eigenvalue weighted by atomic mass is 9.76. The number of fused-ring (bicyclic) bond motifs is 1. The average Bonchev–Trinajstić information content (AvgIpc) is 3.27. The van der Waals surface area contributed by atoms with Gasteiger partial charge in [0.1, 0.15) is 5.60 Å². The second-order valence-corrected chi connectivity index (χ2v) is 15.9. The fourth-order valence-corrected chi connectivity index (χ4v) is 7.96. The molecule has 0 aromatic carbocycles. The summed E-state index contributed by atoms with van der Waals surface area (Å²) < 4.78 is 32.7. The number of epoxide rings is 1. The van der Waals surface area contributed by atoms with Crippen molar-refractivity contribution in [2.75, 3.05) is 0 Å². The molecule has 0 spiro atoms. The Labute approximate surface area is 237 Å². The average molecular weight is 604 g/mol. The molecule has 5 heterocycles. The van der Waals surface area contributed by atoms with E-state index in [2.05, 4.69) is 50.5 Å². The highest BCUT2D eigenvalue weighted by atomic mass is 79.9. The van der Waals surface area contributed by atoms with Crippen LogP contribution < -0.4 is 0 Å². The summed E-state index contributed by atoms with van der Waals surface area (Å²) in [5.41, 5.74) is -2.87. The molecular formula is C30H51BrO7. The zero-order chi connectivity index (χ0) is 27.9. The maximum atomic E-state index is 11.1. The van der Waals surface area contributed by atoms with Crippen molar-refractivity contribution < 1.29 is 33.9 Å². The third kappa shape index (κ3) is 5.28. The van der Waals surface area contributed by atoms with Crippen molar-refractivity contribution in [3.05, 3.63) is 0 Å². The number of ether oxygens (including phenoxy) is 5. The van der Waals surface area contributed by atoms with E-state index in [1.165, 1.54) is 0 Å². The van der Waals surface area contributed by atoms with E-state index in [0.29, 0.717) is 11.2 Å². The molecule has 11 atom stereocenters. The first-order chi connectivity index (χ1) is 17.4. The molecule has 0 aromatic heterocycles. The minimum atomic E-state index is -0.919. The van der Waals surface area contributed by atoms with Crippen molar-refractivity contribution in [2.45, 2.75) is 188 Å². The van der Waals surface area contributed by atoms with E-state index < -0.39 is 22.9 Å². The highest BCUT2D eigenvalue weighted by Crippen LogP contribution is 2.53. The van der Waals surface area contributed by atoms with E-state index in [1.807, 2.05) is 6.92 Å². The van der Waals surface area contributed by atoms with Gasteiger partial charge in [-0.1, -0.05) is 15.9 Å². The number of alkyl halides is 1. The summed E-state index contributed by atoms with van der Waals surface area (Å²) in [4.78, 5) is 0.354. The Morgan fingerprint density at radius 2 is 1.45 bits per heavy atom. The molecule has 0 unspecified atom stereocenters. The number of rotatable bonds is 6. The normalized spacial score (nSPS) is 51.9. The third-order valence-electron chi connectivity index (χ3n) is 10.7. The number of hydrogen-bond donors (Lipinski definition) is 2. The van der Waals surface area contributed by atoms with Crippen LogP contribution >= 0.6 is 15.9 Å². The zero-order valence-electron chi connectivity index (χ0n) is 24.7. The summed E-state index contributed by atoms with van der Waals surface area (Å²) in [7, 11) is 0. The Bertz CT molecular complexity index is 892. The molecule has 0 radical (unpaired) electrons. The van der Waals surface area contributed by atoms with Crippen LogP contribution in [0.25, 0.3) is 0 Å². The molecule has 38 heavy (non-hydrogen) atoms. The SMILES string of the molecule is CC(C)(O)[C@H]1CC[C@](C)([C@@H](O)C[C@@H]2O[C@@]2(C)[C@H]2CC[C@H]3O[C@@H]([C@]4(C)CC[C@@H](Br)C(C)(C)O4)CC[C@]3(C)O2)O1. The van der Waals surface area contributed by atoms with Crippen LogP contribution in [0.2, 0.25) is 0 Å². The van der Waals surface area contributed by atoms with Gasteiger partial charge in [-0.15, -0.1) is 0 Å². The highest BCUT2D eigenvalue weighted by Gasteiger charge is 2.64. The van der Waals surface area contributed by atoms with Crippen molar-refractivity contribution in [2.24, 2.45) is 0 Å². The zero-order valence-corrected chi connectivity index (χ0v) is 26.3. The van der Waals surface area contributed by atoms with E-state index in [9.17, 15) is 10.2 Å². The molecule has 5 saturated heterocycles. The summed E-state index contributed by atoms with van der Waals surface area (Å²) in [6.45, 7) is 16.4. The molecular weight excluding hydrogens is 552 g/mol. The van der Waals surface area contributed by atoms with Gasteiger partial charge in [-0.05, 0) is 107 Å². The van der Waals surface area contributed by atoms with Gasteiger partial charge in [-0.2, -0.15) is 0 Å². The quantitative estimate of drug-likeness (QED) is 0.319. The highest BCUT2D eigenvalue weighted by molar-refractivity contribution is 9.09. The van der Waals surface area contributed by atoms with Crippen LogP contribution in [0.5, 0.6) is 0 Å². The Hall–Kier alpha value is 0.200. The van der Waals surface area contributed by atoms with E-state index in [1.54, 1.807) is 13.8 Å².